The summed E-state index contributed by atoms with van der Waals surface area (Å²) >= 11 is 0. The van der Waals surface area contributed by atoms with Crippen LogP contribution in [0, 0.1) is 0 Å². The Kier molecular flexibility index (Phi) is 3.51. The topological polar surface area (TPSA) is 51.2 Å². The van der Waals surface area contributed by atoms with E-state index in [1.807, 2.05) is 19.1 Å². The second-order valence-electron chi connectivity index (χ2n) is 3.81. The summed E-state index contributed by atoms with van der Waals surface area (Å²) in [6.45, 7) is 3.13. The minimum absolute atomic E-state index is 0.0523. The van der Waals surface area contributed by atoms with E-state index in [4.69, 9.17) is 4.74 Å². The van der Waals surface area contributed by atoms with Crippen molar-refractivity contribution < 1.29 is 9.53 Å². The molecule has 0 aliphatic carbocycles. The highest BCUT2D eigenvalue weighted by molar-refractivity contribution is 5.70. The van der Waals surface area contributed by atoms with Crippen LogP contribution in [0.5, 0.6) is 0 Å². The van der Waals surface area contributed by atoms with E-state index in [0.29, 0.717) is 13.0 Å². The van der Waals surface area contributed by atoms with Gasteiger partial charge in [0.25, 0.3) is 0 Å². The lowest BCUT2D eigenvalue weighted by molar-refractivity contribution is -0.143. The largest absolute Gasteiger partial charge is 0.466 e. The van der Waals surface area contributed by atoms with Gasteiger partial charge >= 0.3 is 5.97 Å². The van der Waals surface area contributed by atoms with Crippen molar-refractivity contribution in [1.82, 2.24) is 10.3 Å². The number of esters is 1. The molecule has 4 nitrogen and oxygen atoms in total. The zero-order valence-electron chi connectivity index (χ0n) is 9.40. The van der Waals surface area contributed by atoms with Crippen molar-refractivity contribution in [2.45, 2.75) is 25.8 Å². The Morgan fingerprint density at radius 2 is 2.56 bits per heavy atom. The van der Waals surface area contributed by atoms with E-state index in [1.54, 1.807) is 6.20 Å². The number of fused-ring (bicyclic) bond motifs is 1. The first kappa shape index (κ1) is 11.1. The predicted octanol–water partition coefficient (Wildman–Crippen LogP) is 1.22. The molecule has 0 fully saturated rings. The van der Waals surface area contributed by atoms with Gasteiger partial charge in [-0.15, -0.1) is 0 Å². The van der Waals surface area contributed by atoms with Crippen LogP contribution in [0.1, 0.15) is 30.6 Å². The smallest absolute Gasteiger partial charge is 0.307 e. The summed E-state index contributed by atoms with van der Waals surface area (Å²) in [5.41, 5.74) is 2.22. The summed E-state index contributed by atoms with van der Waals surface area (Å²) < 4.78 is 4.96. The number of nitrogens with one attached hydrogen (secondary N) is 1. The molecule has 0 bridgehead atoms. The molecule has 2 heterocycles. The van der Waals surface area contributed by atoms with Crippen LogP contribution in [-0.4, -0.2) is 24.1 Å². The highest BCUT2D eigenvalue weighted by Gasteiger charge is 2.22. The molecule has 2 rings (SSSR count). The van der Waals surface area contributed by atoms with E-state index in [0.717, 1.165) is 24.2 Å². The molecule has 0 amide bonds. The van der Waals surface area contributed by atoms with Crippen molar-refractivity contribution in [3.63, 3.8) is 0 Å². The fourth-order valence-electron chi connectivity index (χ4n) is 2.02. The van der Waals surface area contributed by atoms with Gasteiger partial charge in [-0.3, -0.25) is 9.78 Å². The van der Waals surface area contributed by atoms with E-state index in [-0.39, 0.29) is 12.0 Å². The van der Waals surface area contributed by atoms with Gasteiger partial charge in [-0.1, -0.05) is 6.07 Å². The lowest BCUT2D eigenvalue weighted by atomic mass is 9.97. The third-order valence-electron chi connectivity index (χ3n) is 2.73. The Hall–Kier alpha value is -1.42. The lowest BCUT2D eigenvalue weighted by Gasteiger charge is -2.25. The van der Waals surface area contributed by atoms with Gasteiger partial charge in [0, 0.05) is 30.9 Å². The Morgan fingerprint density at radius 1 is 1.69 bits per heavy atom. The first-order chi connectivity index (χ1) is 7.81. The molecule has 86 valence electrons. The van der Waals surface area contributed by atoms with E-state index in [9.17, 15) is 4.79 Å². The average molecular weight is 220 g/mol. The van der Waals surface area contributed by atoms with E-state index >= 15 is 0 Å². The molecule has 0 spiro atoms. The van der Waals surface area contributed by atoms with Crippen LogP contribution in [0.15, 0.2) is 18.3 Å². The number of pyridine rings is 1. The van der Waals surface area contributed by atoms with Crippen LogP contribution in [0.25, 0.3) is 0 Å². The maximum atomic E-state index is 11.4. The standard InChI is InChI=1S/C12H16N2O2/c1-2-16-12(15)8-11-9-4-3-6-13-10(9)5-7-14-11/h3-4,6,11,14H,2,5,7-8H2,1H3. The first-order valence-corrected chi connectivity index (χ1v) is 5.64. The zero-order chi connectivity index (χ0) is 11.4. The molecule has 0 saturated carbocycles. The molecule has 1 atom stereocenters. The SMILES string of the molecule is CCOC(=O)CC1NCCc2ncccc21. The van der Waals surface area contributed by atoms with Crippen molar-refractivity contribution in [3.8, 4) is 0 Å². The van der Waals surface area contributed by atoms with Crippen LogP contribution in [0.3, 0.4) is 0 Å². The summed E-state index contributed by atoms with van der Waals surface area (Å²) in [6, 6.07) is 3.99. The molecule has 1 N–H and O–H groups in total. The first-order valence-electron chi connectivity index (χ1n) is 5.64. The maximum Gasteiger partial charge on any atom is 0.307 e. The average Bonchev–Trinajstić information content (AvgIpc) is 2.30. The van der Waals surface area contributed by atoms with Gasteiger partial charge in [0.2, 0.25) is 0 Å². The Bertz CT molecular complexity index is 379. The molecule has 0 aromatic carbocycles. The minimum atomic E-state index is -0.156. The van der Waals surface area contributed by atoms with Gasteiger partial charge in [0.1, 0.15) is 0 Å². The summed E-state index contributed by atoms with van der Waals surface area (Å²) in [6.07, 6.45) is 3.10. The Labute approximate surface area is 95.0 Å². The zero-order valence-corrected chi connectivity index (χ0v) is 9.40. The van der Waals surface area contributed by atoms with Crippen LogP contribution >= 0.6 is 0 Å². The van der Waals surface area contributed by atoms with E-state index in [1.165, 1.54) is 0 Å². The number of carbonyl (C=O) groups excluding carboxylic acids is 1. The molecular weight excluding hydrogens is 204 g/mol. The monoisotopic (exact) mass is 220 g/mol. The molecule has 1 aliphatic heterocycles. The molecule has 4 heteroatoms. The van der Waals surface area contributed by atoms with Crippen molar-refractivity contribution >= 4 is 5.97 Å². The summed E-state index contributed by atoms with van der Waals surface area (Å²) in [5.74, 6) is -0.156. The van der Waals surface area contributed by atoms with Gasteiger partial charge in [0.15, 0.2) is 0 Å². The number of hydrogen-bond acceptors (Lipinski definition) is 4. The van der Waals surface area contributed by atoms with Crippen LogP contribution in [0.4, 0.5) is 0 Å². The highest BCUT2D eigenvalue weighted by atomic mass is 16.5. The number of rotatable bonds is 3. The predicted molar refractivity (Wildman–Crippen MR) is 59.9 cm³/mol. The second-order valence-corrected chi connectivity index (χ2v) is 3.81. The third kappa shape index (κ3) is 2.39. The van der Waals surface area contributed by atoms with Crippen molar-refractivity contribution in [1.29, 1.82) is 0 Å². The summed E-state index contributed by atoms with van der Waals surface area (Å²) in [7, 11) is 0. The normalized spacial score (nSPS) is 18.9. The van der Waals surface area contributed by atoms with Gasteiger partial charge in [-0.25, -0.2) is 0 Å². The molecular formula is C12H16N2O2. The molecule has 1 aromatic heterocycles. The summed E-state index contributed by atoms with van der Waals surface area (Å²) in [5, 5.41) is 3.32. The van der Waals surface area contributed by atoms with Crippen LogP contribution in [-0.2, 0) is 16.0 Å². The quantitative estimate of drug-likeness (QED) is 0.778. The van der Waals surface area contributed by atoms with Crippen molar-refractivity contribution in [3.05, 3.63) is 29.6 Å². The highest BCUT2D eigenvalue weighted by Crippen LogP contribution is 2.23. The van der Waals surface area contributed by atoms with E-state index in [2.05, 4.69) is 10.3 Å². The van der Waals surface area contributed by atoms with Crippen LogP contribution in [0.2, 0.25) is 0 Å². The number of nitrogens with zero attached hydrogens (tertiary/aromatic N) is 1. The van der Waals surface area contributed by atoms with Gasteiger partial charge in [0.05, 0.1) is 13.0 Å². The van der Waals surface area contributed by atoms with Gasteiger partial charge in [-0.2, -0.15) is 0 Å². The number of hydrogen-bond donors (Lipinski definition) is 1. The van der Waals surface area contributed by atoms with Crippen molar-refractivity contribution in [2.75, 3.05) is 13.2 Å². The molecule has 1 aromatic rings. The van der Waals surface area contributed by atoms with Gasteiger partial charge < -0.3 is 10.1 Å². The van der Waals surface area contributed by atoms with Crippen molar-refractivity contribution in [2.24, 2.45) is 0 Å². The van der Waals surface area contributed by atoms with Crippen LogP contribution < -0.4 is 5.32 Å². The number of carbonyl (C=O) groups is 1. The lowest BCUT2D eigenvalue weighted by Crippen LogP contribution is -2.32. The number of aromatic nitrogens is 1. The molecule has 0 radical (unpaired) electrons. The fourth-order valence-corrected chi connectivity index (χ4v) is 2.02. The third-order valence-corrected chi connectivity index (χ3v) is 2.73. The molecule has 1 aliphatic rings. The fraction of sp³-hybridized carbons (Fsp3) is 0.500. The van der Waals surface area contributed by atoms with E-state index < -0.39 is 0 Å². The Morgan fingerprint density at radius 3 is 3.38 bits per heavy atom. The minimum Gasteiger partial charge on any atom is -0.466 e. The van der Waals surface area contributed by atoms with Gasteiger partial charge in [-0.05, 0) is 18.6 Å². The Balaban J connectivity index is 2.10. The molecule has 0 saturated heterocycles. The number of ether oxygens (including phenoxy) is 1. The molecule has 1 unspecified atom stereocenters. The second kappa shape index (κ2) is 5.07. The molecule has 16 heavy (non-hydrogen) atoms. The summed E-state index contributed by atoms with van der Waals surface area (Å²) in [4.78, 5) is 15.8. The maximum absolute atomic E-state index is 11.4.